The SMILES string of the molecule is O=C1NN=CC1(Br)Br. The van der Waals surface area contributed by atoms with Crippen LogP contribution in [-0.4, -0.2) is 15.4 Å². The number of carbonyl (C=O) groups excluding carboxylic acids is 1. The highest BCUT2D eigenvalue weighted by atomic mass is 79.9. The highest BCUT2D eigenvalue weighted by Gasteiger charge is 2.34. The van der Waals surface area contributed by atoms with Crippen LogP contribution in [0.3, 0.4) is 0 Å². The summed E-state index contributed by atoms with van der Waals surface area (Å²) in [5.41, 5.74) is 2.25. The van der Waals surface area contributed by atoms with Gasteiger partial charge < -0.3 is 0 Å². The minimum atomic E-state index is -0.764. The van der Waals surface area contributed by atoms with E-state index in [9.17, 15) is 4.79 Å². The molecule has 0 aromatic heterocycles. The number of carbonyl (C=O) groups is 1. The lowest BCUT2D eigenvalue weighted by Gasteiger charge is -2.01. The molecule has 0 radical (unpaired) electrons. The van der Waals surface area contributed by atoms with Crippen molar-refractivity contribution in [3.8, 4) is 0 Å². The normalized spacial score (nSPS) is 23.5. The quantitative estimate of drug-likeness (QED) is 0.620. The van der Waals surface area contributed by atoms with E-state index in [1.54, 1.807) is 0 Å². The molecule has 0 aromatic rings. The summed E-state index contributed by atoms with van der Waals surface area (Å²) in [4.78, 5) is 10.6. The molecule has 0 fully saturated rings. The average Bonchev–Trinajstić information content (AvgIpc) is 1.86. The standard InChI is InChI=1S/C3H2Br2N2O/c4-3(5)1-6-7-2(3)8/h1H,(H,7,8). The lowest BCUT2D eigenvalue weighted by molar-refractivity contribution is -0.119. The minimum Gasteiger partial charge on any atom is -0.270 e. The number of nitrogens with one attached hydrogen (secondary N) is 1. The van der Waals surface area contributed by atoms with Gasteiger partial charge in [-0.1, -0.05) is 31.9 Å². The second-order valence-corrected chi connectivity index (χ2v) is 4.89. The zero-order valence-corrected chi connectivity index (χ0v) is 6.86. The van der Waals surface area contributed by atoms with Gasteiger partial charge >= 0.3 is 0 Å². The van der Waals surface area contributed by atoms with Gasteiger partial charge in [-0.25, -0.2) is 5.43 Å². The summed E-state index contributed by atoms with van der Waals surface area (Å²) in [6, 6.07) is 0. The first-order valence-electron chi connectivity index (χ1n) is 1.85. The predicted octanol–water partition coefficient (Wildman–Crippen LogP) is 0.588. The number of hydrazone groups is 1. The molecule has 5 heteroatoms. The third kappa shape index (κ3) is 0.925. The zero-order chi connectivity index (χ0) is 6.20. The fourth-order valence-corrected chi connectivity index (χ4v) is 0.687. The first kappa shape index (κ1) is 6.22. The number of amides is 1. The Bertz CT molecular complexity index is 153. The summed E-state index contributed by atoms with van der Waals surface area (Å²) in [6.07, 6.45) is 1.44. The van der Waals surface area contributed by atoms with E-state index in [0.29, 0.717) is 0 Å². The monoisotopic (exact) mass is 240 g/mol. The van der Waals surface area contributed by atoms with Crippen LogP contribution in [0.4, 0.5) is 0 Å². The highest BCUT2D eigenvalue weighted by Crippen LogP contribution is 2.26. The van der Waals surface area contributed by atoms with Crippen LogP contribution in [-0.2, 0) is 4.79 Å². The third-order valence-corrected chi connectivity index (χ3v) is 1.83. The molecular formula is C3H2Br2N2O. The van der Waals surface area contributed by atoms with Gasteiger partial charge in [-0.05, 0) is 0 Å². The predicted molar refractivity (Wildman–Crippen MR) is 37.2 cm³/mol. The van der Waals surface area contributed by atoms with Crippen molar-refractivity contribution in [2.24, 2.45) is 5.10 Å². The van der Waals surface area contributed by atoms with Gasteiger partial charge in [0.15, 0.2) is 3.23 Å². The Morgan fingerprint density at radius 3 is 2.50 bits per heavy atom. The molecule has 0 aliphatic carbocycles. The van der Waals surface area contributed by atoms with Gasteiger partial charge in [0.05, 0.1) is 6.21 Å². The Balaban J connectivity index is 2.82. The van der Waals surface area contributed by atoms with Crippen molar-refractivity contribution < 1.29 is 4.79 Å². The average molecular weight is 242 g/mol. The van der Waals surface area contributed by atoms with Crippen molar-refractivity contribution in [1.82, 2.24) is 5.43 Å². The molecule has 1 N–H and O–H groups in total. The van der Waals surface area contributed by atoms with Crippen LogP contribution in [0.5, 0.6) is 0 Å². The van der Waals surface area contributed by atoms with Crippen molar-refractivity contribution in [2.75, 3.05) is 0 Å². The van der Waals surface area contributed by atoms with E-state index in [-0.39, 0.29) is 5.91 Å². The molecule has 0 saturated heterocycles. The maximum absolute atomic E-state index is 10.6. The number of rotatable bonds is 0. The summed E-state index contributed by atoms with van der Waals surface area (Å²) in [5.74, 6) is -0.197. The molecule has 1 rings (SSSR count). The summed E-state index contributed by atoms with van der Waals surface area (Å²) in [7, 11) is 0. The van der Waals surface area contributed by atoms with Gasteiger partial charge in [0.25, 0.3) is 5.91 Å². The molecule has 1 amide bonds. The second kappa shape index (κ2) is 1.80. The molecular weight excluding hydrogens is 240 g/mol. The van der Waals surface area contributed by atoms with Crippen LogP contribution in [0, 0.1) is 0 Å². The van der Waals surface area contributed by atoms with E-state index < -0.39 is 3.23 Å². The smallest absolute Gasteiger partial charge is 0.270 e. The van der Waals surface area contributed by atoms with E-state index in [2.05, 4.69) is 42.4 Å². The number of halogens is 2. The van der Waals surface area contributed by atoms with Gasteiger partial charge in [0, 0.05) is 0 Å². The second-order valence-electron chi connectivity index (χ2n) is 1.32. The lowest BCUT2D eigenvalue weighted by atomic mass is 10.5. The number of hydrogen-bond donors (Lipinski definition) is 1. The molecule has 0 saturated carbocycles. The van der Waals surface area contributed by atoms with E-state index in [0.717, 1.165) is 0 Å². The summed E-state index contributed by atoms with van der Waals surface area (Å²) >= 11 is 6.13. The van der Waals surface area contributed by atoms with Crippen LogP contribution in [0.1, 0.15) is 0 Å². The molecule has 0 aromatic carbocycles. The van der Waals surface area contributed by atoms with Crippen LogP contribution >= 0.6 is 31.9 Å². The summed E-state index contributed by atoms with van der Waals surface area (Å²) in [6.45, 7) is 0. The molecule has 1 aliphatic heterocycles. The largest absolute Gasteiger partial charge is 0.273 e. The van der Waals surface area contributed by atoms with Gasteiger partial charge in [-0.3, -0.25) is 4.79 Å². The first-order valence-corrected chi connectivity index (χ1v) is 3.44. The Hall–Kier alpha value is 0.100. The zero-order valence-electron chi connectivity index (χ0n) is 3.69. The number of nitrogens with zero attached hydrogens (tertiary/aromatic N) is 1. The molecule has 3 nitrogen and oxygen atoms in total. The fourth-order valence-electron chi connectivity index (χ4n) is 0.305. The Labute approximate surface area is 62.8 Å². The van der Waals surface area contributed by atoms with Crippen molar-refractivity contribution in [2.45, 2.75) is 3.23 Å². The summed E-state index contributed by atoms with van der Waals surface area (Å²) < 4.78 is -0.764. The molecule has 1 heterocycles. The Morgan fingerprint density at radius 1 is 1.75 bits per heavy atom. The van der Waals surface area contributed by atoms with E-state index >= 15 is 0 Å². The lowest BCUT2D eigenvalue weighted by Crippen LogP contribution is -2.27. The molecule has 0 spiro atoms. The van der Waals surface area contributed by atoms with E-state index in [1.807, 2.05) is 0 Å². The van der Waals surface area contributed by atoms with Crippen molar-refractivity contribution in [3.63, 3.8) is 0 Å². The molecule has 1 aliphatic rings. The van der Waals surface area contributed by atoms with Crippen LogP contribution in [0.2, 0.25) is 0 Å². The maximum Gasteiger partial charge on any atom is 0.273 e. The fraction of sp³-hybridized carbons (Fsp3) is 0.333. The van der Waals surface area contributed by atoms with Gasteiger partial charge in [0.2, 0.25) is 0 Å². The first-order chi connectivity index (χ1) is 3.63. The summed E-state index contributed by atoms with van der Waals surface area (Å²) in [5, 5.41) is 3.50. The number of alkyl halides is 2. The topological polar surface area (TPSA) is 41.5 Å². The van der Waals surface area contributed by atoms with Crippen molar-refractivity contribution >= 4 is 44.0 Å². The molecule has 0 atom stereocenters. The molecule has 8 heavy (non-hydrogen) atoms. The van der Waals surface area contributed by atoms with E-state index in [4.69, 9.17) is 0 Å². The third-order valence-electron chi connectivity index (χ3n) is 0.696. The molecule has 0 unspecified atom stereocenters. The highest BCUT2D eigenvalue weighted by molar-refractivity contribution is 9.26. The van der Waals surface area contributed by atoms with Gasteiger partial charge in [-0.2, -0.15) is 5.10 Å². The van der Waals surface area contributed by atoms with Gasteiger partial charge in [-0.15, -0.1) is 0 Å². The Kier molecular flexibility index (Phi) is 1.40. The van der Waals surface area contributed by atoms with Crippen molar-refractivity contribution in [1.29, 1.82) is 0 Å². The van der Waals surface area contributed by atoms with Crippen molar-refractivity contribution in [3.05, 3.63) is 0 Å². The van der Waals surface area contributed by atoms with Gasteiger partial charge in [0.1, 0.15) is 0 Å². The van der Waals surface area contributed by atoms with Crippen LogP contribution in [0.15, 0.2) is 5.10 Å². The van der Waals surface area contributed by atoms with E-state index in [1.165, 1.54) is 6.21 Å². The number of hydrogen-bond acceptors (Lipinski definition) is 2. The molecule has 44 valence electrons. The minimum absolute atomic E-state index is 0.197. The van der Waals surface area contributed by atoms with Crippen LogP contribution in [0.25, 0.3) is 0 Å². The Morgan fingerprint density at radius 2 is 2.38 bits per heavy atom. The van der Waals surface area contributed by atoms with Crippen LogP contribution < -0.4 is 5.43 Å². The maximum atomic E-state index is 10.6. The molecule has 0 bridgehead atoms.